The highest BCUT2D eigenvalue weighted by Crippen LogP contribution is 2.36. The molecule has 1 aliphatic carbocycles. The summed E-state index contributed by atoms with van der Waals surface area (Å²) in [6, 6.07) is 2.47. The number of esters is 1. The highest BCUT2D eigenvalue weighted by Gasteiger charge is 2.28. The zero-order chi connectivity index (χ0) is 16.4. The van der Waals surface area contributed by atoms with Gasteiger partial charge >= 0.3 is 5.97 Å². The van der Waals surface area contributed by atoms with Crippen LogP contribution in [0.2, 0.25) is 0 Å². The molecule has 1 N–H and O–H groups in total. The van der Waals surface area contributed by atoms with Gasteiger partial charge in [-0.1, -0.05) is 0 Å². The first kappa shape index (κ1) is 15.1. The fraction of sp³-hybridized carbons (Fsp3) is 0.429. The minimum atomic E-state index is -0.959. The molecule has 1 fully saturated rings. The second kappa shape index (κ2) is 6.11. The van der Waals surface area contributed by atoms with E-state index in [1.165, 1.54) is 6.07 Å². The number of rotatable bonds is 5. The Labute approximate surface area is 130 Å². The monoisotopic (exact) mass is 322 g/mol. The van der Waals surface area contributed by atoms with Gasteiger partial charge in [0.15, 0.2) is 18.1 Å². The molecule has 9 heteroatoms. The maximum absolute atomic E-state index is 12.1. The summed E-state index contributed by atoms with van der Waals surface area (Å²) in [5.41, 5.74) is -0.736. The number of amides is 1. The summed E-state index contributed by atoms with van der Waals surface area (Å²) in [5, 5.41) is 13.8. The summed E-state index contributed by atoms with van der Waals surface area (Å²) in [7, 11) is 0. The topological polar surface area (TPSA) is 117 Å². The highest BCUT2D eigenvalue weighted by molar-refractivity contribution is 5.96. The number of hydrogen-bond acceptors (Lipinski definition) is 7. The molecule has 0 spiro atoms. The standard InChI is InChI=1S/C14H14N2O7/c17-13(15-8-1-2-8)7-23-14(18)9-5-11-12(22-4-3-21-11)6-10(9)16(19)20/h5-6,8H,1-4,7H2,(H,15,17). The van der Waals surface area contributed by atoms with Crippen LogP contribution in [0.15, 0.2) is 12.1 Å². The van der Waals surface area contributed by atoms with Gasteiger partial charge in [-0.2, -0.15) is 0 Å². The average molecular weight is 322 g/mol. The molecule has 0 radical (unpaired) electrons. The largest absolute Gasteiger partial charge is 0.486 e. The van der Waals surface area contributed by atoms with Crippen molar-refractivity contribution in [3.8, 4) is 11.5 Å². The van der Waals surface area contributed by atoms with E-state index in [9.17, 15) is 19.7 Å². The summed E-state index contributed by atoms with van der Waals surface area (Å²) in [4.78, 5) is 34.0. The molecule has 9 nitrogen and oxygen atoms in total. The van der Waals surface area contributed by atoms with E-state index in [4.69, 9.17) is 14.2 Å². The van der Waals surface area contributed by atoms with E-state index < -0.39 is 29.1 Å². The predicted octanol–water partition coefficient (Wildman–Crippen LogP) is 0.801. The van der Waals surface area contributed by atoms with Crippen molar-refractivity contribution in [3.05, 3.63) is 27.8 Å². The molecule has 1 heterocycles. The molecule has 1 amide bonds. The molecule has 1 saturated carbocycles. The van der Waals surface area contributed by atoms with Crippen molar-refractivity contribution >= 4 is 17.6 Å². The molecule has 3 rings (SSSR count). The third-order valence-corrected chi connectivity index (χ3v) is 3.35. The SMILES string of the molecule is O=C(COC(=O)c1cc2c(cc1[N+](=O)[O-])OCCO2)NC1CC1. The van der Waals surface area contributed by atoms with Gasteiger partial charge in [-0.25, -0.2) is 4.79 Å². The van der Waals surface area contributed by atoms with Gasteiger partial charge in [0.2, 0.25) is 0 Å². The van der Waals surface area contributed by atoms with E-state index in [1.54, 1.807) is 0 Å². The first-order chi connectivity index (χ1) is 11.0. The Balaban J connectivity index is 1.75. The Morgan fingerprint density at radius 2 is 1.91 bits per heavy atom. The Morgan fingerprint density at radius 3 is 2.52 bits per heavy atom. The van der Waals surface area contributed by atoms with Crippen LogP contribution in [-0.2, 0) is 9.53 Å². The quantitative estimate of drug-likeness (QED) is 0.484. The molecule has 23 heavy (non-hydrogen) atoms. The summed E-state index contributed by atoms with van der Waals surface area (Å²) >= 11 is 0. The minimum Gasteiger partial charge on any atom is -0.486 e. The second-order valence-corrected chi connectivity index (χ2v) is 5.19. The van der Waals surface area contributed by atoms with E-state index in [0.29, 0.717) is 0 Å². The first-order valence-electron chi connectivity index (χ1n) is 7.09. The summed E-state index contributed by atoms with van der Waals surface area (Å²) in [6.45, 7) is 0.0688. The van der Waals surface area contributed by atoms with Crippen molar-refractivity contribution in [2.45, 2.75) is 18.9 Å². The highest BCUT2D eigenvalue weighted by atomic mass is 16.6. The van der Waals surface area contributed by atoms with Gasteiger partial charge in [-0.3, -0.25) is 14.9 Å². The number of nitro benzene ring substituents is 1. The zero-order valence-electron chi connectivity index (χ0n) is 12.1. The zero-order valence-corrected chi connectivity index (χ0v) is 12.1. The maximum atomic E-state index is 12.1. The van der Waals surface area contributed by atoms with Gasteiger partial charge in [0.05, 0.1) is 11.0 Å². The van der Waals surface area contributed by atoms with Crippen molar-refractivity contribution in [1.82, 2.24) is 5.32 Å². The Kier molecular flexibility index (Phi) is 4.00. The molecule has 1 aromatic carbocycles. The summed E-state index contributed by atoms with van der Waals surface area (Å²) in [5.74, 6) is -0.956. The van der Waals surface area contributed by atoms with Crippen LogP contribution in [-0.4, -0.2) is 42.7 Å². The van der Waals surface area contributed by atoms with Crippen LogP contribution in [0.3, 0.4) is 0 Å². The van der Waals surface area contributed by atoms with Crippen LogP contribution < -0.4 is 14.8 Å². The van der Waals surface area contributed by atoms with E-state index in [1.807, 2.05) is 0 Å². The lowest BCUT2D eigenvalue weighted by atomic mass is 10.1. The number of nitro groups is 1. The van der Waals surface area contributed by atoms with Gasteiger partial charge in [0.1, 0.15) is 18.8 Å². The molecular formula is C14H14N2O7. The van der Waals surface area contributed by atoms with E-state index in [0.717, 1.165) is 18.9 Å². The fourth-order valence-electron chi connectivity index (χ4n) is 2.10. The van der Waals surface area contributed by atoms with Gasteiger partial charge in [0.25, 0.3) is 11.6 Å². The number of hydrogen-bond donors (Lipinski definition) is 1. The summed E-state index contributed by atoms with van der Waals surface area (Å²) in [6.07, 6.45) is 1.82. The van der Waals surface area contributed by atoms with Crippen molar-refractivity contribution in [1.29, 1.82) is 0 Å². The van der Waals surface area contributed by atoms with Crippen LogP contribution in [0.1, 0.15) is 23.2 Å². The van der Waals surface area contributed by atoms with E-state index in [-0.39, 0.29) is 36.3 Å². The molecule has 0 saturated heterocycles. The third kappa shape index (κ3) is 3.50. The number of nitrogens with one attached hydrogen (secondary N) is 1. The van der Waals surface area contributed by atoms with Crippen molar-refractivity contribution < 1.29 is 28.7 Å². The lowest BCUT2D eigenvalue weighted by Crippen LogP contribution is -2.30. The Bertz CT molecular complexity index is 669. The fourth-order valence-corrected chi connectivity index (χ4v) is 2.10. The van der Waals surface area contributed by atoms with Gasteiger partial charge in [-0.05, 0) is 12.8 Å². The molecule has 0 aromatic heterocycles. The van der Waals surface area contributed by atoms with Gasteiger partial charge in [0, 0.05) is 12.1 Å². The molecule has 122 valence electrons. The van der Waals surface area contributed by atoms with Crippen LogP contribution in [0.25, 0.3) is 0 Å². The van der Waals surface area contributed by atoms with Crippen LogP contribution in [0, 0.1) is 10.1 Å². The maximum Gasteiger partial charge on any atom is 0.345 e. The first-order valence-corrected chi connectivity index (χ1v) is 7.09. The van der Waals surface area contributed by atoms with Gasteiger partial charge in [-0.15, -0.1) is 0 Å². The number of ether oxygens (including phenoxy) is 3. The molecular weight excluding hydrogens is 308 g/mol. The predicted molar refractivity (Wildman–Crippen MR) is 75.5 cm³/mol. The third-order valence-electron chi connectivity index (χ3n) is 3.35. The molecule has 0 atom stereocenters. The van der Waals surface area contributed by atoms with E-state index in [2.05, 4.69) is 5.32 Å². The van der Waals surface area contributed by atoms with Crippen LogP contribution in [0.5, 0.6) is 11.5 Å². The molecule has 0 bridgehead atoms. The lowest BCUT2D eigenvalue weighted by molar-refractivity contribution is -0.385. The van der Waals surface area contributed by atoms with Crippen molar-refractivity contribution in [3.63, 3.8) is 0 Å². The van der Waals surface area contributed by atoms with Crippen LogP contribution in [0.4, 0.5) is 5.69 Å². The Hall–Kier alpha value is -2.84. The van der Waals surface area contributed by atoms with Crippen LogP contribution >= 0.6 is 0 Å². The second-order valence-electron chi connectivity index (χ2n) is 5.19. The number of carbonyl (C=O) groups excluding carboxylic acids is 2. The normalized spacial score (nSPS) is 15.7. The molecule has 1 aromatic rings. The molecule has 0 unspecified atom stereocenters. The number of carbonyl (C=O) groups is 2. The number of fused-ring (bicyclic) bond motifs is 1. The summed E-state index contributed by atoms with van der Waals surface area (Å²) < 4.78 is 15.4. The Morgan fingerprint density at radius 1 is 1.26 bits per heavy atom. The van der Waals surface area contributed by atoms with Crippen molar-refractivity contribution in [2.75, 3.05) is 19.8 Å². The minimum absolute atomic E-state index is 0.143. The molecule has 1 aliphatic heterocycles. The van der Waals surface area contributed by atoms with Crippen molar-refractivity contribution in [2.24, 2.45) is 0 Å². The smallest absolute Gasteiger partial charge is 0.345 e. The average Bonchev–Trinajstić information content (AvgIpc) is 3.35. The number of nitrogens with zero attached hydrogens (tertiary/aromatic N) is 1. The van der Waals surface area contributed by atoms with Gasteiger partial charge < -0.3 is 19.5 Å². The lowest BCUT2D eigenvalue weighted by Gasteiger charge is -2.18. The number of benzene rings is 1. The molecule has 2 aliphatic rings. The van der Waals surface area contributed by atoms with E-state index >= 15 is 0 Å².